The van der Waals surface area contributed by atoms with Crippen LogP contribution in [-0.4, -0.2) is 63.1 Å². The Bertz CT molecular complexity index is 2390. The second-order valence-corrected chi connectivity index (χ2v) is 12.9. The van der Waals surface area contributed by atoms with E-state index in [9.17, 15) is 29.1 Å². The van der Waals surface area contributed by atoms with Crippen LogP contribution in [0.15, 0.2) is 95.5 Å². The molecular weight excluding hydrogens is 728 g/mol. The molecule has 1 N–H and O–H groups in total. The van der Waals surface area contributed by atoms with Gasteiger partial charge in [-0.25, -0.2) is 0 Å². The van der Waals surface area contributed by atoms with Gasteiger partial charge in [-0.2, -0.15) is 0 Å². The number of amides is 2. The van der Waals surface area contributed by atoms with Crippen LogP contribution in [0.2, 0.25) is 0 Å². The van der Waals surface area contributed by atoms with E-state index in [2.05, 4.69) is 15.9 Å². The number of aromatic hydroxyl groups is 1. The average Bonchev–Trinajstić information content (AvgIpc) is 3.16. The minimum Gasteiger partial charge on any atom is -0.507 e. The van der Waals surface area contributed by atoms with Gasteiger partial charge < -0.3 is 24.4 Å². The monoisotopic (exact) mass is 760 g/mol. The zero-order valence-electron chi connectivity index (χ0n) is 28.3. The molecule has 0 saturated carbocycles. The Morgan fingerprint density at radius 3 is 1.40 bits per heavy atom. The molecule has 262 valence electrons. The van der Waals surface area contributed by atoms with Gasteiger partial charge in [0.2, 0.25) is 11.8 Å². The Labute approximate surface area is 307 Å². The van der Waals surface area contributed by atoms with E-state index in [4.69, 9.17) is 9.47 Å². The zero-order chi connectivity index (χ0) is 36.9. The Kier molecular flexibility index (Phi) is 10.6. The van der Waals surface area contributed by atoms with Crippen molar-refractivity contribution >= 4 is 90.3 Å². The lowest BCUT2D eigenvalue weighted by Gasteiger charge is -2.30. The number of phenolic OH excluding ortho intramolecular Hbond substituents is 1. The normalized spacial score (nSPS) is 13.3. The molecule has 0 atom stereocenters. The fraction of sp³-hybridized carbons (Fsp3) is 0.146. The van der Waals surface area contributed by atoms with E-state index in [0.29, 0.717) is 47.1 Å². The Balaban J connectivity index is 0.000000135. The number of aldehydes is 3. The van der Waals surface area contributed by atoms with Crippen molar-refractivity contribution in [3.05, 3.63) is 112 Å². The number of hydrogen-bond donors (Lipinski definition) is 1. The quantitative estimate of drug-likeness (QED) is 0.128. The van der Waals surface area contributed by atoms with E-state index in [-0.39, 0.29) is 23.1 Å². The molecule has 2 aliphatic rings. The van der Waals surface area contributed by atoms with E-state index in [1.165, 1.54) is 6.07 Å². The highest BCUT2D eigenvalue weighted by molar-refractivity contribution is 9.10. The van der Waals surface area contributed by atoms with Crippen LogP contribution in [0.3, 0.4) is 0 Å². The van der Waals surface area contributed by atoms with Gasteiger partial charge in [-0.15, -0.1) is 0 Å². The minimum atomic E-state index is -0.0229. The number of β-lactam (4-membered cyclic amide) rings is 2. The lowest BCUT2D eigenvalue weighted by atomic mass is 10.0. The van der Waals surface area contributed by atoms with Gasteiger partial charge in [-0.05, 0) is 86.9 Å². The number of nitrogens with zero attached hydrogens (tertiary/aromatic N) is 2. The number of carbonyl (C=O) groups is 5. The molecule has 0 radical (unpaired) electrons. The number of halogens is 1. The predicted molar refractivity (Wildman–Crippen MR) is 204 cm³/mol. The lowest BCUT2D eigenvalue weighted by molar-refractivity contribution is -0.122. The summed E-state index contributed by atoms with van der Waals surface area (Å²) < 4.78 is 11.3. The fourth-order valence-electron chi connectivity index (χ4n) is 6.19. The van der Waals surface area contributed by atoms with E-state index in [0.717, 1.165) is 68.4 Å². The first-order chi connectivity index (χ1) is 25.2. The van der Waals surface area contributed by atoms with Crippen LogP contribution < -0.4 is 19.3 Å². The topological polar surface area (TPSA) is 131 Å². The second kappa shape index (κ2) is 15.4. The van der Waals surface area contributed by atoms with Gasteiger partial charge in [0, 0.05) is 41.8 Å². The summed E-state index contributed by atoms with van der Waals surface area (Å²) in [5.74, 6) is 1.41. The second-order valence-electron chi connectivity index (χ2n) is 12.0. The molecular formula is C41H33BrN2O8. The van der Waals surface area contributed by atoms with Gasteiger partial charge in [0.1, 0.15) is 17.2 Å². The molecule has 6 aromatic rings. The molecule has 52 heavy (non-hydrogen) atoms. The van der Waals surface area contributed by atoms with Crippen LogP contribution in [0.25, 0.3) is 32.3 Å². The van der Waals surface area contributed by atoms with E-state index in [1.54, 1.807) is 54.4 Å². The number of rotatable bonds is 7. The SMILES string of the molecule is COc1ccc2cc(Br)ccc2c1C=O.COc1ccc2cc(N3CCC3=O)ccc2c1C=O.O=Cc1c(O)ccc2cc(N3CCC3=O)ccc12. The summed E-state index contributed by atoms with van der Waals surface area (Å²) in [5.41, 5.74) is 3.14. The number of fused-ring (bicyclic) bond motifs is 3. The van der Waals surface area contributed by atoms with Crippen LogP contribution in [-0.2, 0) is 9.59 Å². The highest BCUT2D eigenvalue weighted by Gasteiger charge is 2.26. The van der Waals surface area contributed by atoms with E-state index < -0.39 is 0 Å². The summed E-state index contributed by atoms with van der Waals surface area (Å²) >= 11 is 3.39. The standard InChI is InChI=1S/C15H13NO3.C14H11NO3.C12H9BrO2/c1-19-14-5-2-10-8-11(16-7-6-15(16)18)3-4-12(10)13(14)9-17;16-8-12-11-3-2-10(15-6-5-14(15)18)7-9(11)1-4-13(12)17;1-15-12-5-2-8-6-9(13)3-4-10(8)11(12)7-14/h2-5,8-9H,6-7H2,1H3;1-4,7-8,17H,5-6H2;2-7H,1H3. The first-order valence-electron chi connectivity index (χ1n) is 16.3. The molecule has 11 heteroatoms. The average molecular weight is 762 g/mol. The number of methoxy groups -OCH3 is 2. The number of anilines is 2. The van der Waals surface area contributed by atoms with Crippen molar-refractivity contribution in [2.24, 2.45) is 0 Å². The number of benzene rings is 6. The molecule has 0 unspecified atom stereocenters. The van der Waals surface area contributed by atoms with Gasteiger partial charge in [0.15, 0.2) is 18.9 Å². The van der Waals surface area contributed by atoms with Crippen molar-refractivity contribution in [2.75, 3.05) is 37.1 Å². The fourth-order valence-corrected chi connectivity index (χ4v) is 6.57. The largest absolute Gasteiger partial charge is 0.507 e. The minimum absolute atomic E-state index is 0.0229. The molecule has 0 bridgehead atoms. The molecule has 2 amide bonds. The number of hydrogen-bond acceptors (Lipinski definition) is 8. The van der Waals surface area contributed by atoms with Crippen LogP contribution in [0.5, 0.6) is 17.2 Å². The predicted octanol–water partition coefficient (Wildman–Crippen LogP) is 7.92. The van der Waals surface area contributed by atoms with Crippen LogP contribution >= 0.6 is 15.9 Å². The van der Waals surface area contributed by atoms with Crippen molar-refractivity contribution in [2.45, 2.75) is 12.8 Å². The van der Waals surface area contributed by atoms with Crippen molar-refractivity contribution < 1.29 is 38.6 Å². The van der Waals surface area contributed by atoms with Crippen molar-refractivity contribution in [3.8, 4) is 17.2 Å². The van der Waals surface area contributed by atoms with E-state index >= 15 is 0 Å². The maximum Gasteiger partial charge on any atom is 0.228 e. The first kappa shape index (κ1) is 35.7. The van der Waals surface area contributed by atoms with Crippen molar-refractivity contribution in [1.29, 1.82) is 0 Å². The van der Waals surface area contributed by atoms with Gasteiger partial charge >= 0.3 is 0 Å². The van der Waals surface area contributed by atoms with Gasteiger partial charge in [0.25, 0.3) is 0 Å². The van der Waals surface area contributed by atoms with E-state index in [1.807, 2.05) is 54.6 Å². The van der Waals surface area contributed by atoms with Crippen LogP contribution in [0.1, 0.15) is 43.9 Å². The first-order valence-corrected chi connectivity index (χ1v) is 17.1. The van der Waals surface area contributed by atoms with Crippen molar-refractivity contribution in [3.63, 3.8) is 0 Å². The molecule has 2 fully saturated rings. The summed E-state index contributed by atoms with van der Waals surface area (Å²) in [4.78, 5) is 59.4. The smallest absolute Gasteiger partial charge is 0.228 e. The summed E-state index contributed by atoms with van der Waals surface area (Å²) in [6.45, 7) is 1.50. The molecule has 2 saturated heterocycles. The maximum absolute atomic E-state index is 11.4. The molecule has 0 spiro atoms. The van der Waals surface area contributed by atoms with Crippen LogP contribution in [0, 0.1) is 0 Å². The number of carbonyl (C=O) groups excluding carboxylic acids is 5. The molecule has 8 rings (SSSR count). The highest BCUT2D eigenvalue weighted by atomic mass is 79.9. The Morgan fingerprint density at radius 2 is 1.00 bits per heavy atom. The maximum atomic E-state index is 11.4. The van der Waals surface area contributed by atoms with Crippen molar-refractivity contribution in [1.82, 2.24) is 0 Å². The highest BCUT2D eigenvalue weighted by Crippen LogP contribution is 2.33. The summed E-state index contributed by atoms with van der Waals surface area (Å²) in [6.07, 6.45) is 3.48. The number of ether oxygens (including phenoxy) is 2. The molecule has 6 aromatic carbocycles. The molecule has 0 aromatic heterocycles. The number of phenols is 1. The Hall–Kier alpha value is -6.07. The molecule has 0 aliphatic carbocycles. The molecule has 2 heterocycles. The zero-order valence-corrected chi connectivity index (χ0v) is 29.9. The van der Waals surface area contributed by atoms with Gasteiger partial charge in [-0.1, -0.05) is 52.3 Å². The van der Waals surface area contributed by atoms with Crippen LogP contribution in [0.4, 0.5) is 11.4 Å². The summed E-state index contributed by atoms with van der Waals surface area (Å²) in [7, 11) is 3.11. The third kappa shape index (κ3) is 6.95. The third-order valence-electron chi connectivity index (χ3n) is 9.13. The summed E-state index contributed by atoms with van der Waals surface area (Å²) in [6, 6.07) is 27.5. The van der Waals surface area contributed by atoms with Gasteiger partial charge in [-0.3, -0.25) is 24.0 Å². The molecule has 10 nitrogen and oxygen atoms in total. The lowest BCUT2D eigenvalue weighted by Crippen LogP contribution is -2.43. The molecule has 2 aliphatic heterocycles. The summed E-state index contributed by atoms with van der Waals surface area (Å²) in [5, 5.41) is 14.8. The third-order valence-corrected chi connectivity index (χ3v) is 9.62. The van der Waals surface area contributed by atoms with Gasteiger partial charge in [0.05, 0.1) is 30.9 Å². The Morgan fingerprint density at radius 1 is 0.577 bits per heavy atom.